The van der Waals surface area contributed by atoms with Crippen LogP contribution in [0.4, 0.5) is 0 Å². The van der Waals surface area contributed by atoms with Gasteiger partial charge in [-0.25, -0.2) is 4.98 Å². The predicted molar refractivity (Wildman–Crippen MR) is 71.5 cm³/mol. The molecular formula is C14H11NOS. The van der Waals surface area contributed by atoms with E-state index in [0.717, 1.165) is 16.1 Å². The van der Waals surface area contributed by atoms with Crippen LogP contribution in [0.2, 0.25) is 0 Å². The summed E-state index contributed by atoms with van der Waals surface area (Å²) in [6, 6.07) is 13.4. The number of hydrogen-bond acceptors (Lipinski definition) is 3. The Labute approximate surface area is 103 Å². The van der Waals surface area contributed by atoms with Crippen LogP contribution >= 0.6 is 11.3 Å². The van der Waals surface area contributed by atoms with Gasteiger partial charge in [0.05, 0.1) is 10.2 Å². The highest BCUT2D eigenvalue weighted by Crippen LogP contribution is 2.31. The Balaban J connectivity index is 2.18. The zero-order valence-corrected chi connectivity index (χ0v) is 10.2. The Hall–Kier alpha value is -1.87. The van der Waals surface area contributed by atoms with E-state index < -0.39 is 0 Å². The number of aromatic nitrogens is 1. The lowest BCUT2D eigenvalue weighted by atomic mass is 10.2. The van der Waals surface area contributed by atoms with Crippen LogP contribution in [-0.4, -0.2) is 10.1 Å². The highest BCUT2D eigenvalue weighted by Gasteiger charge is 2.06. The second kappa shape index (κ2) is 3.86. The van der Waals surface area contributed by atoms with E-state index in [1.807, 2.05) is 18.2 Å². The number of thiazole rings is 1. The number of phenols is 1. The lowest BCUT2D eigenvalue weighted by Crippen LogP contribution is -1.75. The minimum Gasteiger partial charge on any atom is -0.508 e. The Morgan fingerprint density at radius 3 is 2.82 bits per heavy atom. The summed E-state index contributed by atoms with van der Waals surface area (Å²) >= 11 is 1.65. The second-order valence-corrected chi connectivity index (χ2v) is 5.07. The molecule has 84 valence electrons. The highest BCUT2D eigenvalue weighted by molar-refractivity contribution is 7.21. The summed E-state index contributed by atoms with van der Waals surface area (Å²) in [7, 11) is 0. The number of aromatic hydroxyl groups is 1. The van der Waals surface area contributed by atoms with E-state index in [1.165, 1.54) is 10.3 Å². The topological polar surface area (TPSA) is 33.1 Å². The van der Waals surface area contributed by atoms with Crippen LogP contribution in [0.3, 0.4) is 0 Å². The molecule has 0 radical (unpaired) electrons. The van der Waals surface area contributed by atoms with Crippen LogP contribution in [-0.2, 0) is 0 Å². The molecule has 0 amide bonds. The van der Waals surface area contributed by atoms with Crippen molar-refractivity contribution in [2.45, 2.75) is 6.92 Å². The molecule has 0 saturated heterocycles. The monoisotopic (exact) mass is 241 g/mol. The van der Waals surface area contributed by atoms with Gasteiger partial charge in [0, 0.05) is 5.56 Å². The molecule has 0 aliphatic carbocycles. The average molecular weight is 241 g/mol. The second-order valence-electron chi connectivity index (χ2n) is 4.04. The van der Waals surface area contributed by atoms with Gasteiger partial charge >= 0.3 is 0 Å². The van der Waals surface area contributed by atoms with Crippen molar-refractivity contribution >= 4 is 21.6 Å². The van der Waals surface area contributed by atoms with Crippen molar-refractivity contribution in [1.29, 1.82) is 0 Å². The lowest BCUT2D eigenvalue weighted by Gasteiger charge is -1.95. The maximum Gasteiger partial charge on any atom is 0.124 e. The fraction of sp³-hybridized carbons (Fsp3) is 0.0714. The van der Waals surface area contributed by atoms with Crippen molar-refractivity contribution in [3.05, 3.63) is 48.0 Å². The van der Waals surface area contributed by atoms with Crippen LogP contribution in [0.1, 0.15) is 5.56 Å². The van der Waals surface area contributed by atoms with E-state index in [-0.39, 0.29) is 5.75 Å². The normalized spacial score (nSPS) is 10.9. The molecular weight excluding hydrogens is 230 g/mol. The number of phenolic OH excluding ortho intramolecular Hbond substituents is 1. The molecule has 0 atom stereocenters. The van der Waals surface area contributed by atoms with Gasteiger partial charge in [-0.3, -0.25) is 0 Å². The summed E-state index contributed by atoms with van der Waals surface area (Å²) in [5.41, 5.74) is 3.21. The number of hydrogen-bond donors (Lipinski definition) is 1. The standard InChI is InChI=1S/C14H11NOS/c1-9-5-6-12-13(7-9)17-14(15-12)10-3-2-4-11(16)8-10/h2-8,16H,1H3. The SMILES string of the molecule is Cc1ccc2nc(-c3cccc(O)c3)sc2c1. The summed E-state index contributed by atoms with van der Waals surface area (Å²) in [6.07, 6.45) is 0. The Kier molecular flexibility index (Phi) is 2.34. The molecule has 1 aromatic heterocycles. The van der Waals surface area contributed by atoms with E-state index in [0.29, 0.717) is 0 Å². The molecule has 3 aromatic rings. The van der Waals surface area contributed by atoms with Crippen LogP contribution in [0.5, 0.6) is 5.75 Å². The Bertz CT molecular complexity index is 688. The van der Waals surface area contributed by atoms with Gasteiger partial charge in [0.1, 0.15) is 10.8 Å². The van der Waals surface area contributed by atoms with Gasteiger partial charge in [0.25, 0.3) is 0 Å². The molecule has 0 aliphatic rings. The summed E-state index contributed by atoms with van der Waals surface area (Å²) in [5, 5.41) is 10.4. The van der Waals surface area contributed by atoms with Crippen molar-refractivity contribution < 1.29 is 5.11 Å². The van der Waals surface area contributed by atoms with E-state index in [4.69, 9.17) is 0 Å². The highest BCUT2D eigenvalue weighted by atomic mass is 32.1. The number of aryl methyl sites for hydroxylation is 1. The van der Waals surface area contributed by atoms with E-state index in [9.17, 15) is 5.11 Å². The van der Waals surface area contributed by atoms with Gasteiger partial charge in [-0.1, -0.05) is 18.2 Å². The fourth-order valence-electron chi connectivity index (χ4n) is 1.79. The molecule has 1 N–H and O–H groups in total. The van der Waals surface area contributed by atoms with Crippen LogP contribution in [0.15, 0.2) is 42.5 Å². The number of nitrogens with zero attached hydrogens (tertiary/aromatic N) is 1. The van der Waals surface area contributed by atoms with Gasteiger partial charge in [-0.2, -0.15) is 0 Å². The average Bonchev–Trinajstić information content (AvgIpc) is 2.72. The fourth-order valence-corrected chi connectivity index (χ4v) is 2.85. The van der Waals surface area contributed by atoms with E-state index >= 15 is 0 Å². The molecule has 3 rings (SSSR count). The quantitative estimate of drug-likeness (QED) is 0.699. The third kappa shape index (κ3) is 1.89. The van der Waals surface area contributed by atoms with Gasteiger partial charge < -0.3 is 5.11 Å². The smallest absolute Gasteiger partial charge is 0.124 e. The van der Waals surface area contributed by atoms with E-state index in [2.05, 4.69) is 24.0 Å². The molecule has 0 saturated carbocycles. The van der Waals surface area contributed by atoms with Gasteiger partial charge in [0.2, 0.25) is 0 Å². The lowest BCUT2D eigenvalue weighted by molar-refractivity contribution is 0.475. The minimum absolute atomic E-state index is 0.276. The maximum absolute atomic E-state index is 9.47. The molecule has 0 bridgehead atoms. The summed E-state index contributed by atoms with van der Waals surface area (Å²) in [6.45, 7) is 2.08. The van der Waals surface area contributed by atoms with Crippen LogP contribution in [0, 0.1) is 6.92 Å². The molecule has 2 aromatic carbocycles. The predicted octanol–water partition coefficient (Wildman–Crippen LogP) is 3.98. The maximum atomic E-state index is 9.47. The van der Waals surface area contributed by atoms with Gasteiger partial charge in [0.15, 0.2) is 0 Å². The molecule has 0 aliphatic heterocycles. The summed E-state index contributed by atoms with van der Waals surface area (Å²) < 4.78 is 1.18. The van der Waals surface area contributed by atoms with Crippen LogP contribution < -0.4 is 0 Å². The van der Waals surface area contributed by atoms with Crippen molar-refractivity contribution in [3.63, 3.8) is 0 Å². The largest absolute Gasteiger partial charge is 0.508 e. The van der Waals surface area contributed by atoms with Crippen molar-refractivity contribution in [1.82, 2.24) is 4.98 Å². The van der Waals surface area contributed by atoms with Crippen molar-refractivity contribution in [2.24, 2.45) is 0 Å². The number of benzene rings is 2. The first-order valence-corrected chi connectivity index (χ1v) is 6.20. The summed E-state index contributed by atoms with van der Waals surface area (Å²) in [4.78, 5) is 4.57. The Morgan fingerprint density at radius 2 is 2.00 bits per heavy atom. The third-order valence-electron chi connectivity index (χ3n) is 2.64. The van der Waals surface area contributed by atoms with E-state index in [1.54, 1.807) is 23.5 Å². The van der Waals surface area contributed by atoms with Crippen molar-refractivity contribution in [2.75, 3.05) is 0 Å². The molecule has 2 nitrogen and oxygen atoms in total. The zero-order valence-electron chi connectivity index (χ0n) is 9.34. The first-order valence-electron chi connectivity index (χ1n) is 5.39. The zero-order chi connectivity index (χ0) is 11.8. The number of fused-ring (bicyclic) bond motifs is 1. The summed E-state index contributed by atoms with van der Waals surface area (Å²) in [5.74, 6) is 0.276. The first-order chi connectivity index (χ1) is 8.22. The third-order valence-corrected chi connectivity index (χ3v) is 3.70. The van der Waals surface area contributed by atoms with Crippen LogP contribution in [0.25, 0.3) is 20.8 Å². The molecule has 3 heteroatoms. The number of rotatable bonds is 1. The molecule has 17 heavy (non-hydrogen) atoms. The first kappa shape index (κ1) is 10.3. The van der Waals surface area contributed by atoms with Crippen molar-refractivity contribution in [3.8, 4) is 16.3 Å². The molecule has 0 unspecified atom stereocenters. The minimum atomic E-state index is 0.276. The molecule has 0 fully saturated rings. The molecule has 1 heterocycles. The van der Waals surface area contributed by atoms with Gasteiger partial charge in [-0.05, 0) is 36.8 Å². The molecule has 0 spiro atoms. The Morgan fingerprint density at radius 1 is 1.12 bits per heavy atom. The van der Waals surface area contributed by atoms with Gasteiger partial charge in [-0.15, -0.1) is 11.3 Å².